The number of ketones is 1. The van der Waals surface area contributed by atoms with Gasteiger partial charge in [0.1, 0.15) is 12.2 Å². The first kappa shape index (κ1) is 4.04. The molecule has 0 aliphatic rings. The van der Waals surface area contributed by atoms with Gasteiger partial charge in [0.05, 0.1) is 7.11 Å². The largest absolute Gasteiger partial charge is 0.469 e. The number of carbonyl (C=O) groups excluding carboxylic acids is 2. The SMILES string of the molecule is [2H]C([2H])([2H])CC(=O)CC(=O)OC. The monoisotopic (exact) mass is 133 g/mol. The quantitative estimate of drug-likeness (QED) is 0.416. The van der Waals surface area contributed by atoms with Crippen molar-refractivity contribution < 1.29 is 18.4 Å². The number of hydrogen-bond donors (Lipinski definition) is 0. The first-order valence-electron chi connectivity index (χ1n) is 3.93. The summed E-state index contributed by atoms with van der Waals surface area (Å²) in [5, 5.41) is 0. The average molecular weight is 133 g/mol. The highest BCUT2D eigenvalue weighted by Gasteiger charge is 2.05. The summed E-state index contributed by atoms with van der Waals surface area (Å²) in [7, 11) is 1.14. The Hall–Kier alpha value is -0.860. The van der Waals surface area contributed by atoms with Crippen LogP contribution in [0.15, 0.2) is 0 Å². The van der Waals surface area contributed by atoms with E-state index in [1.54, 1.807) is 0 Å². The molecule has 0 unspecified atom stereocenters. The lowest BCUT2D eigenvalue weighted by Crippen LogP contribution is -2.07. The predicted octanol–water partition coefficient (Wildman–Crippen LogP) is 0.529. The summed E-state index contributed by atoms with van der Waals surface area (Å²) in [5.41, 5.74) is 0. The van der Waals surface area contributed by atoms with Crippen molar-refractivity contribution >= 4 is 11.8 Å². The molecular weight excluding hydrogens is 120 g/mol. The first-order chi connectivity index (χ1) is 5.35. The summed E-state index contributed by atoms with van der Waals surface area (Å²) in [4.78, 5) is 21.2. The summed E-state index contributed by atoms with van der Waals surface area (Å²) in [6.07, 6.45) is -1.04. The minimum absolute atomic E-state index is 0.463. The van der Waals surface area contributed by atoms with E-state index in [0.29, 0.717) is 0 Å². The number of hydrogen-bond acceptors (Lipinski definition) is 3. The van der Waals surface area contributed by atoms with E-state index in [1.807, 2.05) is 0 Å². The molecule has 3 heteroatoms. The normalized spacial score (nSPS) is 15.0. The van der Waals surface area contributed by atoms with E-state index >= 15 is 0 Å². The predicted molar refractivity (Wildman–Crippen MR) is 31.9 cm³/mol. The third kappa shape index (κ3) is 3.70. The fraction of sp³-hybridized carbons (Fsp3) is 0.667. The van der Waals surface area contributed by atoms with Crippen LogP contribution in [0.2, 0.25) is 0 Å². The molecule has 0 radical (unpaired) electrons. The molecule has 0 heterocycles. The van der Waals surface area contributed by atoms with Crippen LogP contribution in [0.25, 0.3) is 0 Å². The molecule has 9 heavy (non-hydrogen) atoms. The van der Waals surface area contributed by atoms with Gasteiger partial charge in [-0.3, -0.25) is 9.59 Å². The Bertz CT molecular complexity index is 185. The van der Waals surface area contributed by atoms with Crippen LogP contribution in [-0.2, 0) is 14.3 Å². The van der Waals surface area contributed by atoms with E-state index in [2.05, 4.69) is 4.74 Å². The molecule has 0 aromatic carbocycles. The summed E-state index contributed by atoms with van der Waals surface area (Å²) in [6.45, 7) is -2.30. The van der Waals surface area contributed by atoms with Crippen LogP contribution in [0.5, 0.6) is 0 Å². The van der Waals surface area contributed by atoms with Gasteiger partial charge in [0.15, 0.2) is 0 Å². The van der Waals surface area contributed by atoms with Crippen molar-refractivity contribution in [2.75, 3.05) is 7.11 Å². The summed E-state index contributed by atoms with van der Waals surface area (Å²) in [5.74, 6) is -1.33. The maximum absolute atomic E-state index is 10.8. The lowest BCUT2D eigenvalue weighted by atomic mass is 10.2. The topological polar surface area (TPSA) is 43.4 Å². The van der Waals surface area contributed by atoms with Crippen LogP contribution in [0, 0.1) is 0 Å². The third-order valence-electron chi connectivity index (χ3n) is 0.766. The lowest BCUT2D eigenvalue weighted by Gasteiger charge is -1.93. The molecule has 0 atom stereocenters. The Balaban J connectivity index is 3.83. The maximum Gasteiger partial charge on any atom is 0.313 e. The zero-order valence-corrected chi connectivity index (χ0v) is 5.14. The molecule has 0 N–H and O–H groups in total. The van der Waals surface area contributed by atoms with Crippen molar-refractivity contribution in [3.63, 3.8) is 0 Å². The van der Waals surface area contributed by atoms with Crippen LogP contribution in [0.1, 0.15) is 23.8 Å². The summed E-state index contributed by atoms with van der Waals surface area (Å²) in [6, 6.07) is 0. The number of Topliss-reactive ketones (excluding diaryl/α,β-unsaturated/α-hetero) is 1. The molecule has 0 fully saturated rings. The first-order valence-corrected chi connectivity index (χ1v) is 2.43. The molecule has 0 aliphatic heterocycles. The highest BCUT2D eigenvalue weighted by atomic mass is 16.5. The smallest absolute Gasteiger partial charge is 0.313 e. The molecule has 0 saturated heterocycles. The minimum Gasteiger partial charge on any atom is -0.469 e. The molecule has 0 saturated carbocycles. The molecule has 0 rings (SSSR count). The maximum atomic E-state index is 10.8. The fourth-order valence-corrected chi connectivity index (χ4v) is 0.296. The summed E-state index contributed by atoms with van der Waals surface area (Å²) >= 11 is 0. The Morgan fingerprint density at radius 3 is 2.78 bits per heavy atom. The molecule has 0 aromatic rings. The number of methoxy groups -OCH3 is 1. The van der Waals surface area contributed by atoms with E-state index < -0.39 is 31.4 Å². The van der Waals surface area contributed by atoms with Crippen molar-refractivity contribution in [3.8, 4) is 0 Å². The van der Waals surface area contributed by atoms with E-state index in [9.17, 15) is 9.59 Å². The lowest BCUT2D eigenvalue weighted by molar-refractivity contribution is -0.143. The van der Waals surface area contributed by atoms with Crippen molar-refractivity contribution in [1.82, 2.24) is 0 Å². The van der Waals surface area contributed by atoms with Gasteiger partial charge in [0, 0.05) is 10.5 Å². The zero-order chi connectivity index (χ0) is 9.78. The van der Waals surface area contributed by atoms with E-state index in [1.165, 1.54) is 0 Å². The van der Waals surface area contributed by atoms with E-state index in [4.69, 9.17) is 4.11 Å². The molecule has 0 aromatic heterocycles. The van der Waals surface area contributed by atoms with Crippen LogP contribution in [-0.4, -0.2) is 18.9 Å². The van der Waals surface area contributed by atoms with Crippen molar-refractivity contribution in [1.29, 1.82) is 0 Å². The standard InChI is InChI=1S/C6H10O3/c1-3-5(7)4-6(8)9-2/h3-4H2,1-2H3/i1D3. The van der Waals surface area contributed by atoms with Crippen LogP contribution in [0.3, 0.4) is 0 Å². The van der Waals surface area contributed by atoms with Gasteiger partial charge in [0.25, 0.3) is 0 Å². The highest BCUT2D eigenvalue weighted by molar-refractivity contribution is 5.95. The zero-order valence-electron chi connectivity index (χ0n) is 8.14. The number of esters is 1. The Morgan fingerprint density at radius 1 is 1.67 bits per heavy atom. The molecule has 0 spiro atoms. The van der Waals surface area contributed by atoms with Crippen molar-refractivity contribution in [2.45, 2.75) is 19.7 Å². The van der Waals surface area contributed by atoms with Crippen LogP contribution in [0.4, 0.5) is 0 Å². The molecule has 3 nitrogen and oxygen atoms in total. The van der Waals surface area contributed by atoms with E-state index in [-0.39, 0.29) is 0 Å². The second-order valence-electron chi connectivity index (χ2n) is 1.47. The Morgan fingerprint density at radius 2 is 2.33 bits per heavy atom. The molecular formula is C6H10O3. The van der Waals surface area contributed by atoms with Crippen molar-refractivity contribution in [3.05, 3.63) is 0 Å². The Kier molecular flexibility index (Phi) is 1.82. The summed E-state index contributed by atoms with van der Waals surface area (Å²) < 4.78 is 24.4. The Labute approximate surface area is 58.2 Å². The van der Waals surface area contributed by atoms with Crippen molar-refractivity contribution in [2.24, 2.45) is 0 Å². The second-order valence-corrected chi connectivity index (χ2v) is 1.47. The van der Waals surface area contributed by atoms with E-state index in [0.717, 1.165) is 7.11 Å². The molecule has 0 bridgehead atoms. The van der Waals surface area contributed by atoms with Crippen LogP contribution < -0.4 is 0 Å². The van der Waals surface area contributed by atoms with Gasteiger partial charge in [-0.1, -0.05) is 6.85 Å². The van der Waals surface area contributed by atoms with Gasteiger partial charge < -0.3 is 4.74 Å². The molecule has 0 aliphatic carbocycles. The number of carbonyl (C=O) groups is 2. The third-order valence-corrected chi connectivity index (χ3v) is 0.766. The second kappa shape index (κ2) is 4.06. The van der Waals surface area contributed by atoms with Gasteiger partial charge in [0.2, 0.25) is 0 Å². The number of rotatable bonds is 3. The van der Waals surface area contributed by atoms with Gasteiger partial charge in [-0.15, -0.1) is 0 Å². The van der Waals surface area contributed by atoms with Gasteiger partial charge >= 0.3 is 5.97 Å². The van der Waals surface area contributed by atoms with Gasteiger partial charge in [-0.25, -0.2) is 0 Å². The van der Waals surface area contributed by atoms with Gasteiger partial charge in [-0.05, 0) is 0 Å². The number of ether oxygens (including phenoxy) is 1. The fourth-order valence-electron chi connectivity index (χ4n) is 0.296. The van der Waals surface area contributed by atoms with Crippen LogP contribution >= 0.6 is 0 Å². The molecule has 0 amide bonds. The minimum atomic E-state index is -2.30. The highest BCUT2D eigenvalue weighted by Crippen LogP contribution is 1.89. The van der Waals surface area contributed by atoms with Gasteiger partial charge in [-0.2, -0.15) is 0 Å². The molecule has 52 valence electrons. The average Bonchev–Trinajstić information content (AvgIpc) is 1.82.